The standard InChI is InChI=1S/C19H23NO2/c1-16-7-9-18(10-8-16)12-20(13-19-14-21-15-22-19)11-17-5-3-2-4-6-17/h2-10,19H,11-15H2,1H3. The highest BCUT2D eigenvalue weighted by Gasteiger charge is 2.20. The van der Waals surface area contributed by atoms with Crippen molar-refractivity contribution in [2.24, 2.45) is 0 Å². The molecule has 1 aliphatic heterocycles. The zero-order valence-corrected chi connectivity index (χ0v) is 13.1. The van der Waals surface area contributed by atoms with E-state index < -0.39 is 0 Å². The van der Waals surface area contributed by atoms with Crippen molar-refractivity contribution < 1.29 is 9.47 Å². The molecule has 0 radical (unpaired) electrons. The Labute approximate surface area is 132 Å². The van der Waals surface area contributed by atoms with Crippen LogP contribution in [-0.2, 0) is 22.6 Å². The van der Waals surface area contributed by atoms with E-state index in [4.69, 9.17) is 9.47 Å². The molecule has 116 valence electrons. The van der Waals surface area contributed by atoms with Gasteiger partial charge in [-0.3, -0.25) is 4.90 Å². The average molecular weight is 297 g/mol. The lowest BCUT2D eigenvalue weighted by Crippen LogP contribution is -2.33. The van der Waals surface area contributed by atoms with Gasteiger partial charge in [-0.05, 0) is 18.1 Å². The predicted octanol–water partition coefficient (Wildman–Crippen LogP) is 3.37. The van der Waals surface area contributed by atoms with Crippen LogP contribution in [0.3, 0.4) is 0 Å². The van der Waals surface area contributed by atoms with E-state index in [9.17, 15) is 0 Å². The number of aryl methyl sites for hydroxylation is 1. The Morgan fingerprint density at radius 3 is 2.27 bits per heavy atom. The minimum Gasteiger partial charge on any atom is -0.353 e. The molecule has 1 unspecified atom stereocenters. The van der Waals surface area contributed by atoms with E-state index in [2.05, 4.69) is 66.4 Å². The Balaban J connectivity index is 1.68. The van der Waals surface area contributed by atoms with Crippen LogP contribution in [0.15, 0.2) is 54.6 Å². The van der Waals surface area contributed by atoms with E-state index in [1.807, 2.05) is 0 Å². The first kappa shape index (κ1) is 15.2. The zero-order valence-electron chi connectivity index (χ0n) is 13.1. The second-order valence-corrected chi connectivity index (χ2v) is 5.92. The zero-order chi connectivity index (χ0) is 15.2. The van der Waals surface area contributed by atoms with Gasteiger partial charge in [0.05, 0.1) is 12.7 Å². The minimum absolute atomic E-state index is 0.175. The van der Waals surface area contributed by atoms with Crippen molar-refractivity contribution in [3.63, 3.8) is 0 Å². The second-order valence-electron chi connectivity index (χ2n) is 5.92. The summed E-state index contributed by atoms with van der Waals surface area (Å²) < 4.78 is 10.9. The van der Waals surface area contributed by atoms with E-state index in [1.54, 1.807) is 0 Å². The molecule has 22 heavy (non-hydrogen) atoms. The summed E-state index contributed by atoms with van der Waals surface area (Å²) in [4.78, 5) is 2.43. The van der Waals surface area contributed by atoms with E-state index in [-0.39, 0.29) is 6.10 Å². The molecule has 0 aromatic heterocycles. The molecule has 0 amide bonds. The van der Waals surface area contributed by atoms with Crippen molar-refractivity contribution >= 4 is 0 Å². The highest BCUT2D eigenvalue weighted by atomic mass is 16.7. The molecule has 0 bridgehead atoms. The van der Waals surface area contributed by atoms with Gasteiger partial charge in [-0.25, -0.2) is 0 Å². The average Bonchev–Trinajstić information content (AvgIpc) is 3.03. The first-order valence-corrected chi connectivity index (χ1v) is 7.81. The fourth-order valence-electron chi connectivity index (χ4n) is 2.74. The molecule has 1 atom stereocenters. The molecule has 0 saturated carbocycles. The van der Waals surface area contributed by atoms with Crippen molar-refractivity contribution in [3.05, 3.63) is 71.3 Å². The monoisotopic (exact) mass is 297 g/mol. The molecule has 2 aromatic rings. The van der Waals surface area contributed by atoms with Crippen LogP contribution in [0.2, 0.25) is 0 Å². The summed E-state index contributed by atoms with van der Waals surface area (Å²) in [6.45, 7) is 5.98. The van der Waals surface area contributed by atoms with Gasteiger partial charge >= 0.3 is 0 Å². The fraction of sp³-hybridized carbons (Fsp3) is 0.368. The fourth-order valence-corrected chi connectivity index (χ4v) is 2.74. The van der Waals surface area contributed by atoms with Gasteiger partial charge in [-0.2, -0.15) is 0 Å². The third-order valence-corrected chi connectivity index (χ3v) is 3.93. The second kappa shape index (κ2) is 7.54. The van der Waals surface area contributed by atoms with Crippen molar-refractivity contribution in [1.82, 2.24) is 4.90 Å². The first-order valence-electron chi connectivity index (χ1n) is 7.81. The number of hydrogen-bond acceptors (Lipinski definition) is 3. The summed E-state index contributed by atoms with van der Waals surface area (Å²) in [6, 6.07) is 19.3. The van der Waals surface area contributed by atoms with E-state index in [0.29, 0.717) is 13.4 Å². The van der Waals surface area contributed by atoms with Gasteiger partial charge in [0.25, 0.3) is 0 Å². The molecule has 2 aromatic carbocycles. The quantitative estimate of drug-likeness (QED) is 0.816. The molecular formula is C19H23NO2. The van der Waals surface area contributed by atoms with Crippen LogP contribution >= 0.6 is 0 Å². The molecule has 0 aliphatic carbocycles. The van der Waals surface area contributed by atoms with Crippen LogP contribution in [0.25, 0.3) is 0 Å². The summed E-state index contributed by atoms with van der Waals surface area (Å²) >= 11 is 0. The van der Waals surface area contributed by atoms with Crippen LogP contribution in [0.1, 0.15) is 16.7 Å². The van der Waals surface area contributed by atoms with Gasteiger partial charge in [0.1, 0.15) is 6.79 Å². The van der Waals surface area contributed by atoms with Gasteiger partial charge in [0, 0.05) is 19.6 Å². The van der Waals surface area contributed by atoms with E-state index >= 15 is 0 Å². The lowest BCUT2D eigenvalue weighted by Gasteiger charge is -2.25. The Morgan fingerprint density at radius 2 is 1.64 bits per heavy atom. The number of rotatable bonds is 6. The van der Waals surface area contributed by atoms with Crippen LogP contribution < -0.4 is 0 Å². The third kappa shape index (κ3) is 4.41. The smallest absolute Gasteiger partial charge is 0.147 e. The normalized spacial score (nSPS) is 18.0. The van der Waals surface area contributed by atoms with Crippen molar-refractivity contribution in [2.45, 2.75) is 26.1 Å². The predicted molar refractivity (Wildman–Crippen MR) is 87.4 cm³/mol. The topological polar surface area (TPSA) is 21.7 Å². The molecule has 3 nitrogen and oxygen atoms in total. The van der Waals surface area contributed by atoms with Crippen molar-refractivity contribution in [1.29, 1.82) is 0 Å². The van der Waals surface area contributed by atoms with Crippen LogP contribution in [0, 0.1) is 6.92 Å². The third-order valence-electron chi connectivity index (χ3n) is 3.93. The van der Waals surface area contributed by atoms with Gasteiger partial charge in [-0.15, -0.1) is 0 Å². The highest BCUT2D eigenvalue weighted by molar-refractivity contribution is 5.21. The van der Waals surface area contributed by atoms with Gasteiger partial charge in [0.2, 0.25) is 0 Å². The van der Waals surface area contributed by atoms with E-state index in [0.717, 1.165) is 19.6 Å². The number of ether oxygens (including phenoxy) is 2. The lowest BCUT2D eigenvalue weighted by molar-refractivity contribution is 0.0328. The van der Waals surface area contributed by atoms with Crippen molar-refractivity contribution in [3.8, 4) is 0 Å². The summed E-state index contributed by atoms with van der Waals surface area (Å²) in [7, 11) is 0. The van der Waals surface area contributed by atoms with Crippen LogP contribution in [0.5, 0.6) is 0 Å². The van der Waals surface area contributed by atoms with Crippen LogP contribution in [0.4, 0.5) is 0 Å². The lowest BCUT2D eigenvalue weighted by atomic mass is 10.1. The molecule has 3 rings (SSSR count). The maximum atomic E-state index is 5.61. The molecule has 1 heterocycles. The van der Waals surface area contributed by atoms with Crippen molar-refractivity contribution in [2.75, 3.05) is 19.9 Å². The Kier molecular flexibility index (Phi) is 5.22. The Hall–Kier alpha value is -1.68. The molecule has 1 aliphatic rings. The number of hydrogen-bond donors (Lipinski definition) is 0. The molecule has 1 fully saturated rings. The molecule has 1 saturated heterocycles. The van der Waals surface area contributed by atoms with Crippen LogP contribution in [-0.4, -0.2) is 30.9 Å². The molecule has 0 spiro atoms. The Bertz CT molecular complexity index is 562. The molecular weight excluding hydrogens is 274 g/mol. The molecule has 0 N–H and O–H groups in total. The number of nitrogens with zero attached hydrogens (tertiary/aromatic N) is 1. The minimum atomic E-state index is 0.175. The SMILES string of the molecule is Cc1ccc(CN(Cc2ccccc2)CC2COCO2)cc1. The number of benzene rings is 2. The summed E-state index contributed by atoms with van der Waals surface area (Å²) in [5.41, 5.74) is 3.96. The maximum Gasteiger partial charge on any atom is 0.147 e. The van der Waals surface area contributed by atoms with E-state index in [1.165, 1.54) is 16.7 Å². The maximum absolute atomic E-state index is 5.61. The summed E-state index contributed by atoms with van der Waals surface area (Å²) in [5, 5.41) is 0. The summed E-state index contributed by atoms with van der Waals surface area (Å²) in [6.07, 6.45) is 0.175. The van der Waals surface area contributed by atoms with Gasteiger partial charge in [-0.1, -0.05) is 60.2 Å². The van der Waals surface area contributed by atoms with Gasteiger partial charge < -0.3 is 9.47 Å². The highest BCUT2D eigenvalue weighted by Crippen LogP contribution is 2.14. The summed E-state index contributed by atoms with van der Waals surface area (Å²) in [5.74, 6) is 0. The Morgan fingerprint density at radius 1 is 0.955 bits per heavy atom. The molecule has 3 heteroatoms. The van der Waals surface area contributed by atoms with Gasteiger partial charge in [0.15, 0.2) is 0 Å². The largest absolute Gasteiger partial charge is 0.353 e. The first-order chi connectivity index (χ1) is 10.8.